The number of carbonyl (C=O) groups is 1. The smallest absolute Gasteiger partial charge is 0.309 e. The number of unbranched alkanes of at least 4 members (excludes halogenated alkanes) is 5. The molecule has 1 N–H and O–H groups in total. The quantitative estimate of drug-likeness (QED) is 0.363. The van der Waals surface area contributed by atoms with Crippen LogP contribution in [0, 0.1) is 17.3 Å². The van der Waals surface area contributed by atoms with Gasteiger partial charge in [-0.25, -0.2) is 0 Å². The van der Waals surface area contributed by atoms with Gasteiger partial charge in [-0.05, 0) is 31.6 Å². The second-order valence-electron chi connectivity index (χ2n) is 7.67. The van der Waals surface area contributed by atoms with Gasteiger partial charge in [-0.1, -0.05) is 85.5 Å². The topological polar surface area (TPSA) is 37.3 Å². The van der Waals surface area contributed by atoms with E-state index in [1.807, 2.05) is 6.92 Å². The number of aliphatic carboxylic acids is 1. The predicted octanol–water partition coefficient (Wildman–Crippen LogP) is 6.68. The van der Waals surface area contributed by atoms with Gasteiger partial charge in [0.2, 0.25) is 0 Å². The first-order valence-electron chi connectivity index (χ1n) is 9.61. The van der Waals surface area contributed by atoms with Crippen LogP contribution in [0.15, 0.2) is 0 Å². The second kappa shape index (κ2) is 12.0. The summed E-state index contributed by atoms with van der Waals surface area (Å²) in [5.74, 6) is 0.458. The van der Waals surface area contributed by atoms with Crippen LogP contribution in [0.4, 0.5) is 0 Å². The Balaban J connectivity index is 4.40. The Kier molecular flexibility index (Phi) is 11.7. The average Bonchev–Trinajstić information content (AvgIpc) is 2.46. The largest absolute Gasteiger partial charge is 0.481 e. The van der Waals surface area contributed by atoms with Crippen molar-refractivity contribution in [3.05, 3.63) is 0 Å². The van der Waals surface area contributed by atoms with Crippen LogP contribution in [0.25, 0.3) is 0 Å². The molecule has 132 valence electrons. The van der Waals surface area contributed by atoms with Crippen LogP contribution in [-0.4, -0.2) is 11.1 Å². The summed E-state index contributed by atoms with van der Waals surface area (Å²) in [7, 11) is 0. The van der Waals surface area contributed by atoms with Crippen molar-refractivity contribution in [1.29, 1.82) is 0 Å². The maximum atomic E-state index is 11.9. The van der Waals surface area contributed by atoms with Gasteiger partial charge in [-0.3, -0.25) is 4.79 Å². The molecule has 0 aliphatic carbocycles. The molecule has 22 heavy (non-hydrogen) atoms. The fourth-order valence-corrected chi connectivity index (χ4v) is 3.50. The van der Waals surface area contributed by atoms with E-state index in [1.165, 1.54) is 38.5 Å². The third kappa shape index (κ3) is 8.19. The zero-order valence-corrected chi connectivity index (χ0v) is 15.8. The van der Waals surface area contributed by atoms with E-state index in [1.54, 1.807) is 0 Å². The zero-order chi connectivity index (χ0) is 17.0. The van der Waals surface area contributed by atoms with Gasteiger partial charge in [0, 0.05) is 0 Å². The standard InChI is InChI=1S/C20H40O2/c1-6-8-9-10-11-15-18(7-2)20(5,19(21)22)16-13-12-14-17(3)4/h17-18H,6-16H2,1-5H3,(H,21,22). The highest BCUT2D eigenvalue weighted by Crippen LogP contribution is 2.39. The van der Waals surface area contributed by atoms with Crippen molar-refractivity contribution in [2.45, 2.75) is 105 Å². The predicted molar refractivity (Wildman–Crippen MR) is 96.2 cm³/mol. The molecule has 0 aromatic heterocycles. The van der Waals surface area contributed by atoms with E-state index in [0.717, 1.165) is 38.0 Å². The molecule has 0 rings (SSSR count). The van der Waals surface area contributed by atoms with Crippen molar-refractivity contribution >= 4 is 5.97 Å². The lowest BCUT2D eigenvalue weighted by Gasteiger charge is -2.34. The maximum Gasteiger partial charge on any atom is 0.309 e. The van der Waals surface area contributed by atoms with Gasteiger partial charge in [0.25, 0.3) is 0 Å². The van der Waals surface area contributed by atoms with Crippen molar-refractivity contribution < 1.29 is 9.90 Å². The fraction of sp³-hybridized carbons (Fsp3) is 0.950. The Bertz CT molecular complexity index is 285. The minimum Gasteiger partial charge on any atom is -0.481 e. The van der Waals surface area contributed by atoms with Crippen LogP contribution >= 0.6 is 0 Å². The van der Waals surface area contributed by atoms with Crippen LogP contribution in [0.1, 0.15) is 105 Å². The van der Waals surface area contributed by atoms with Gasteiger partial charge < -0.3 is 5.11 Å². The Morgan fingerprint density at radius 3 is 2.05 bits per heavy atom. The molecule has 0 saturated carbocycles. The molecule has 2 nitrogen and oxygen atoms in total. The fourth-order valence-electron chi connectivity index (χ4n) is 3.50. The number of hydrogen-bond donors (Lipinski definition) is 1. The Hall–Kier alpha value is -0.530. The molecule has 0 aliphatic heterocycles. The van der Waals surface area contributed by atoms with E-state index in [-0.39, 0.29) is 0 Å². The van der Waals surface area contributed by atoms with E-state index in [9.17, 15) is 9.90 Å². The highest BCUT2D eigenvalue weighted by molar-refractivity contribution is 5.74. The van der Waals surface area contributed by atoms with E-state index in [4.69, 9.17) is 0 Å². The molecule has 2 heteroatoms. The summed E-state index contributed by atoms with van der Waals surface area (Å²) in [5.41, 5.74) is -0.531. The molecule has 0 radical (unpaired) electrons. The lowest BCUT2D eigenvalue weighted by Crippen LogP contribution is -2.35. The van der Waals surface area contributed by atoms with Crippen molar-refractivity contribution in [2.24, 2.45) is 17.3 Å². The summed E-state index contributed by atoms with van der Waals surface area (Å²) in [4.78, 5) is 11.9. The molecule has 0 saturated heterocycles. The van der Waals surface area contributed by atoms with Gasteiger partial charge in [-0.2, -0.15) is 0 Å². The zero-order valence-electron chi connectivity index (χ0n) is 15.8. The third-order valence-corrected chi connectivity index (χ3v) is 5.27. The van der Waals surface area contributed by atoms with E-state index in [0.29, 0.717) is 5.92 Å². The van der Waals surface area contributed by atoms with Crippen molar-refractivity contribution in [2.75, 3.05) is 0 Å². The van der Waals surface area contributed by atoms with E-state index < -0.39 is 11.4 Å². The van der Waals surface area contributed by atoms with Crippen molar-refractivity contribution in [1.82, 2.24) is 0 Å². The summed E-state index contributed by atoms with van der Waals surface area (Å²) >= 11 is 0. The number of carboxylic acid groups (broad SMARTS) is 1. The first kappa shape index (κ1) is 21.5. The number of rotatable bonds is 14. The van der Waals surface area contributed by atoms with Gasteiger partial charge in [0.15, 0.2) is 0 Å². The number of carboxylic acids is 1. The highest BCUT2D eigenvalue weighted by Gasteiger charge is 2.39. The van der Waals surface area contributed by atoms with Crippen molar-refractivity contribution in [3.63, 3.8) is 0 Å². The van der Waals surface area contributed by atoms with Gasteiger partial charge in [0.05, 0.1) is 5.41 Å². The Morgan fingerprint density at radius 2 is 1.55 bits per heavy atom. The van der Waals surface area contributed by atoms with Crippen molar-refractivity contribution in [3.8, 4) is 0 Å². The lowest BCUT2D eigenvalue weighted by molar-refractivity contribution is -0.152. The van der Waals surface area contributed by atoms with E-state index >= 15 is 0 Å². The Labute approximate surface area is 139 Å². The molecular weight excluding hydrogens is 272 g/mol. The van der Waals surface area contributed by atoms with Gasteiger partial charge >= 0.3 is 5.97 Å². The molecule has 0 amide bonds. The normalized spacial score (nSPS) is 15.7. The summed E-state index contributed by atoms with van der Waals surface area (Å²) in [6.45, 7) is 10.9. The maximum absolute atomic E-state index is 11.9. The van der Waals surface area contributed by atoms with Gasteiger partial charge in [0.1, 0.15) is 0 Å². The minimum atomic E-state index is -0.586. The summed E-state index contributed by atoms with van der Waals surface area (Å²) in [6, 6.07) is 0. The lowest BCUT2D eigenvalue weighted by atomic mass is 9.70. The molecule has 0 spiro atoms. The third-order valence-electron chi connectivity index (χ3n) is 5.27. The van der Waals surface area contributed by atoms with Crippen LogP contribution in [0.2, 0.25) is 0 Å². The highest BCUT2D eigenvalue weighted by atomic mass is 16.4. The van der Waals surface area contributed by atoms with Gasteiger partial charge in [-0.15, -0.1) is 0 Å². The van der Waals surface area contributed by atoms with E-state index in [2.05, 4.69) is 27.7 Å². The van der Waals surface area contributed by atoms with Crippen LogP contribution in [-0.2, 0) is 4.79 Å². The SMILES string of the molecule is CCCCCCCC(CC)C(C)(CCCCC(C)C)C(=O)O. The van der Waals surface area contributed by atoms with Crippen LogP contribution in [0.3, 0.4) is 0 Å². The number of hydrogen-bond acceptors (Lipinski definition) is 1. The first-order valence-corrected chi connectivity index (χ1v) is 9.61. The first-order chi connectivity index (χ1) is 10.4. The molecule has 0 aromatic rings. The monoisotopic (exact) mass is 312 g/mol. The molecule has 2 unspecified atom stereocenters. The molecule has 0 bridgehead atoms. The molecule has 0 aliphatic rings. The minimum absolute atomic E-state index is 0.325. The van der Waals surface area contributed by atoms with Crippen LogP contribution in [0.5, 0.6) is 0 Å². The molecule has 0 heterocycles. The molecular formula is C20H40O2. The average molecular weight is 313 g/mol. The summed E-state index contributed by atoms with van der Waals surface area (Å²) < 4.78 is 0. The van der Waals surface area contributed by atoms with Crippen LogP contribution < -0.4 is 0 Å². The second-order valence-corrected chi connectivity index (χ2v) is 7.67. The molecule has 0 aromatic carbocycles. The summed E-state index contributed by atoms with van der Waals surface area (Å²) in [5, 5.41) is 9.78. The molecule has 2 atom stereocenters. The molecule has 0 fully saturated rings. The summed E-state index contributed by atoms with van der Waals surface area (Å²) in [6.07, 6.45) is 12.6. The Morgan fingerprint density at radius 1 is 0.955 bits per heavy atom.